The lowest BCUT2D eigenvalue weighted by Crippen LogP contribution is -2.56. The summed E-state index contributed by atoms with van der Waals surface area (Å²) in [7, 11) is 0. The first-order chi connectivity index (χ1) is 12.6. The van der Waals surface area contributed by atoms with Crippen molar-refractivity contribution >= 4 is 17.9 Å². The molecule has 2 N–H and O–H groups in total. The highest BCUT2D eigenvalue weighted by Gasteiger charge is 2.27. The van der Waals surface area contributed by atoms with Crippen LogP contribution >= 0.6 is 0 Å². The number of piperazine rings is 1. The summed E-state index contributed by atoms with van der Waals surface area (Å²) in [6, 6.07) is 1.28. The van der Waals surface area contributed by atoms with Crippen molar-refractivity contribution in [2.45, 2.75) is 51.1 Å². The number of hydrogen-bond donors (Lipinski definition) is 2. The Balaban J connectivity index is 1.43. The predicted molar refractivity (Wildman–Crippen MR) is 98.8 cm³/mol. The molecule has 3 rings (SSSR count). The predicted octanol–water partition coefficient (Wildman–Crippen LogP) is 1.15. The maximum absolute atomic E-state index is 12.4. The highest BCUT2D eigenvalue weighted by Crippen LogP contribution is 2.17. The largest absolute Gasteiger partial charge is 0.338 e. The lowest BCUT2D eigenvalue weighted by Gasteiger charge is -2.37. The molecule has 1 aliphatic carbocycles. The summed E-state index contributed by atoms with van der Waals surface area (Å²) in [6.07, 6.45) is 8.98. The Morgan fingerprint density at radius 1 is 1.08 bits per heavy atom. The highest BCUT2D eigenvalue weighted by atomic mass is 16.2. The number of aromatic nitrogens is 2. The van der Waals surface area contributed by atoms with Gasteiger partial charge in [0.2, 0.25) is 11.9 Å². The molecule has 0 unspecified atom stereocenters. The Labute approximate surface area is 154 Å². The van der Waals surface area contributed by atoms with E-state index in [0.29, 0.717) is 0 Å². The third-order valence-corrected chi connectivity index (χ3v) is 5.25. The average molecular weight is 360 g/mol. The van der Waals surface area contributed by atoms with Gasteiger partial charge in [-0.2, -0.15) is 0 Å². The number of anilines is 1. The van der Waals surface area contributed by atoms with Crippen LogP contribution in [-0.2, 0) is 4.79 Å². The molecule has 0 spiro atoms. The molecule has 8 heteroatoms. The molecule has 0 radical (unpaired) electrons. The van der Waals surface area contributed by atoms with Gasteiger partial charge in [-0.15, -0.1) is 0 Å². The van der Waals surface area contributed by atoms with Gasteiger partial charge in [0.1, 0.15) is 0 Å². The van der Waals surface area contributed by atoms with Gasteiger partial charge in [-0.3, -0.25) is 15.0 Å². The van der Waals surface area contributed by atoms with Crippen molar-refractivity contribution in [3.05, 3.63) is 18.5 Å². The Hall–Kier alpha value is -2.22. The molecule has 1 aliphatic heterocycles. The summed E-state index contributed by atoms with van der Waals surface area (Å²) >= 11 is 0. The molecule has 2 aliphatic rings. The molecule has 1 saturated carbocycles. The summed E-state index contributed by atoms with van der Waals surface area (Å²) in [5, 5.41) is 5.42. The fourth-order valence-electron chi connectivity index (χ4n) is 3.61. The zero-order valence-corrected chi connectivity index (χ0v) is 15.4. The summed E-state index contributed by atoms with van der Waals surface area (Å²) < 4.78 is 0. The second-order valence-electron chi connectivity index (χ2n) is 7.05. The number of hydrogen-bond acceptors (Lipinski definition) is 6. The number of amides is 3. The first kappa shape index (κ1) is 18.6. The first-order valence-corrected chi connectivity index (χ1v) is 9.51. The van der Waals surface area contributed by atoms with Crippen LogP contribution in [0, 0.1) is 0 Å². The van der Waals surface area contributed by atoms with Crippen molar-refractivity contribution in [2.75, 3.05) is 31.1 Å². The molecule has 26 heavy (non-hydrogen) atoms. The van der Waals surface area contributed by atoms with E-state index in [2.05, 4.69) is 30.4 Å². The first-order valence-electron chi connectivity index (χ1n) is 9.51. The van der Waals surface area contributed by atoms with E-state index in [1.165, 1.54) is 6.42 Å². The van der Waals surface area contributed by atoms with Crippen molar-refractivity contribution < 1.29 is 9.59 Å². The Bertz CT molecular complexity index is 597. The standard InChI is InChI=1S/C18H28N6O2/c1-14(16(25)22-18(26)21-15-6-3-2-4-7-15)23-10-12-24(13-11-23)17-19-8-5-9-20-17/h5,8-9,14-15H,2-4,6-7,10-13H2,1H3,(H2,21,22,25,26)/t14-/m0/s1. The summed E-state index contributed by atoms with van der Waals surface area (Å²) in [4.78, 5) is 37.2. The minimum atomic E-state index is -0.370. The second kappa shape index (κ2) is 8.93. The number of rotatable bonds is 4. The number of carbonyl (C=O) groups is 2. The summed E-state index contributed by atoms with van der Waals surface area (Å²) in [6.45, 7) is 4.83. The van der Waals surface area contributed by atoms with Crippen molar-refractivity contribution in [1.29, 1.82) is 0 Å². The topological polar surface area (TPSA) is 90.5 Å². The van der Waals surface area contributed by atoms with Crippen LogP contribution in [-0.4, -0.2) is 65.1 Å². The number of carbonyl (C=O) groups excluding carboxylic acids is 2. The highest BCUT2D eigenvalue weighted by molar-refractivity contribution is 5.96. The van der Waals surface area contributed by atoms with Crippen LogP contribution in [0.1, 0.15) is 39.0 Å². The minimum Gasteiger partial charge on any atom is -0.338 e. The van der Waals surface area contributed by atoms with Gasteiger partial charge in [-0.1, -0.05) is 19.3 Å². The molecule has 0 bridgehead atoms. The summed E-state index contributed by atoms with van der Waals surface area (Å²) in [5.41, 5.74) is 0. The summed E-state index contributed by atoms with van der Waals surface area (Å²) in [5.74, 6) is 0.471. The van der Waals surface area contributed by atoms with Gasteiger partial charge in [-0.05, 0) is 25.8 Å². The molecule has 1 aromatic rings. The van der Waals surface area contributed by atoms with Crippen LogP contribution in [0.5, 0.6) is 0 Å². The van der Waals surface area contributed by atoms with Crippen LogP contribution < -0.4 is 15.5 Å². The molecular weight excluding hydrogens is 332 g/mol. The third-order valence-electron chi connectivity index (χ3n) is 5.25. The van der Waals surface area contributed by atoms with Gasteiger partial charge in [-0.25, -0.2) is 14.8 Å². The minimum absolute atomic E-state index is 0.196. The molecule has 1 saturated heterocycles. The van der Waals surface area contributed by atoms with Gasteiger partial charge in [0, 0.05) is 44.6 Å². The van der Waals surface area contributed by atoms with Crippen LogP contribution in [0.2, 0.25) is 0 Å². The molecule has 3 amide bonds. The normalized spacial score (nSPS) is 20.4. The molecular formula is C18H28N6O2. The zero-order chi connectivity index (χ0) is 18.4. The third kappa shape index (κ3) is 4.91. The Morgan fingerprint density at radius 3 is 2.38 bits per heavy atom. The zero-order valence-electron chi connectivity index (χ0n) is 15.4. The quantitative estimate of drug-likeness (QED) is 0.837. The van der Waals surface area contributed by atoms with E-state index < -0.39 is 0 Å². The van der Waals surface area contributed by atoms with Crippen molar-refractivity contribution in [3.63, 3.8) is 0 Å². The molecule has 2 heterocycles. The second-order valence-corrected chi connectivity index (χ2v) is 7.05. The van der Waals surface area contributed by atoms with E-state index in [9.17, 15) is 9.59 Å². The lowest BCUT2D eigenvalue weighted by atomic mass is 9.96. The fourth-order valence-corrected chi connectivity index (χ4v) is 3.61. The Kier molecular flexibility index (Phi) is 6.38. The van der Waals surface area contributed by atoms with Crippen molar-refractivity contribution in [2.24, 2.45) is 0 Å². The number of nitrogens with zero attached hydrogens (tertiary/aromatic N) is 4. The number of urea groups is 1. The van der Waals surface area contributed by atoms with Crippen molar-refractivity contribution in [3.8, 4) is 0 Å². The molecule has 1 aromatic heterocycles. The monoisotopic (exact) mass is 360 g/mol. The maximum atomic E-state index is 12.4. The van der Waals surface area contributed by atoms with Gasteiger partial charge < -0.3 is 10.2 Å². The Morgan fingerprint density at radius 2 is 1.73 bits per heavy atom. The molecule has 142 valence electrons. The van der Waals surface area contributed by atoms with Gasteiger partial charge in [0.05, 0.1) is 6.04 Å². The van der Waals surface area contributed by atoms with Crippen molar-refractivity contribution in [1.82, 2.24) is 25.5 Å². The van der Waals surface area contributed by atoms with Crippen LogP contribution in [0.3, 0.4) is 0 Å². The van der Waals surface area contributed by atoms with E-state index in [1.807, 2.05) is 6.92 Å². The smallest absolute Gasteiger partial charge is 0.321 e. The van der Waals surface area contributed by atoms with E-state index in [0.717, 1.165) is 57.8 Å². The van der Waals surface area contributed by atoms with E-state index in [1.54, 1.807) is 18.5 Å². The number of nitrogens with one attached hydrogen (secondary N) is 2. The van der Waals surface area contributed by atoms with Crippen LogP contribution in [0.4, 0.5) is 10.7 Å². The SMILES string of the molecule is C[C@@H](C(=O)NC(=O)NC1CCCCC1)N1CCN(c2ncccn2)CC1. The van der Waals surface area contributed by atoms with Crippen LogP contribution in [0.25, 0.3) is 0 Å². The average Bonchev–Trinajstić information content (AvgIpc) is 2.69. The van der Waals surface area contributed by atoms with E-state index >= 15 is 0 Å². The van der Waals surface area contributed by atoms with Gasteiger partial charge >= 0.3 is 6.03 Å². The maximum Gasteiger partial charge on any atom is 0.321 e. The molecule has 1 atom stereocenters. The lowest BCUT2D eigenvalue weighted by molar-refractivity contribution is -0.124. The fraction of sp³-hybridized carbons (Fsp3) is 0.667. The van der Waals surface area contributed by atoms with Gasteiger partial charge in [0.25, 0.3) is 0 Å². The molecule has 8 nitrogen and oxygen atoms in total. The van der Waals surface area contributed by atoms with Gasteiger partial charge in [0.15, 0.2) is 0 Å². The molecule has 0 aromatic carbocycles. The van der Waals surface area contributed by atoms with E-state index in [4.69, 9.17) is 0 Å². The number of imide groups is 1. The van der Waals surface area contributed by atoms with Crippen LogP contribution in [0.15, 0.2) is 18.5 Å². The molecule has 2 fully saturated rings. The van der Waals surface area contributed by atoms with E-state index in [-0.39, 0.29) is 24.0 Å².